The van der Waals surface area contributed by atoms with Gasteiger partial charge in [0.2, 0.25) is 0 Å². The lowest BCUT2D eigenvalue weighted by atomic mass is 10.3. The molecule has 0 spiro atoms. The molecule has 11 heavy (non-hydrogen) atoms. The molecule has 1 aromatic heterocycles. The van der Waals surface area contributed by atoms with E-state index in [4.69, 9.17) is 10.8 Å². The number of halogens is 1. The summed E-state index contributed by atoms with van der Waals surface area (Å²) in [7, 11) is 0. The van der Waals surface area contributed by atoms with E-state index in [2.05, 4.69) is 4.98 Å². The third-order valence-corrected chi connectivity index (χ3v) is 1.19. The first kappa shape index (κ1) is 10.2. The first-order valence-corrected chi connectivity index (χ1v) is 3.06. The summed E-state index contributed by atoms with van der Waals surface area (Å²) < 4.78 is 0. The Morgan fingerprint density at radius 2 is 2.18 bits per heavy atom. The minimum atomic E-state index is -0.0497. The van der Waals surface area contributed by atoms with Gasteiger partial charge in [0.05, 0.1) is 12.3 Å². The van der Waals surface area contributed by atoms with E-state index in [9.17, 15) is 0 Å². The standard InChI is InChI=1S/C7H10N2O.ClH/c1-5-2-6(8)3-7(4-10)9-5;/h2-3,10H,4H2,1H3,(H2,8,9);1H. The maximum Gasteiger partial charge on any atom is 0.0853 e. The van der Waals surface area contributed by atoms with E-state index in [0.717, 1.165) is 5.69 Å². The van der Waals surface area contributed by atoms with Gasteiger partial charge in [-0.2, -0.15) is 0 Å². The fraction of sp³-hybridized carbons (Fsp3) is 0.286. The Morgan fingerprint density at radius 1 is 1.55 bits per heavy atom. The van der Waals surface area contributed by atoms with Crippen molar-refractivity contribution in [2.75, 3.05) is 5.73 Å². The molecule has 0 aliphatic heterocycles. The summed E-state index contributed by atoms with van der Waals surface area (Å²) in [5.74, 6) is 0. The second-order valence-corrected chi connectivity index (χ2v) is 2.19. The van der Waals surface area contributed by atoms with Crippen molar-refractivity contribution in [2.24, 2.45) is 0 Å². The summed E-state index contributed by atoms with van der Waals surface area (Å²) in [4.78, 5) is 4.02. The predicted octanol–water partition coefficient (Wildman–Crippen LogP) is 0.886. The van der Waals surface area contributed by atoms with Crippen LogP contribution in [-0.4, -0.2) is 10.1 Å². The number of nitrogen functional groups attached to an aromatic ring is 1. The molecular weight excluding hydrogens is 164 g/mol. The number of nitrogens with two attached hydrogens (primary N) is 1. The van der Waals surface area contributed by atoms with Gasteiger partial charge in [0, 0.05) is 11.4 Å². The molecule has 0 aliphatic carbocycles. The normalized spacial score (nSPS) is 8.91. The van der Waals surface area contributed by atoms with Crippen LogP contribution >= 0.6 is 12.4 Å². The number of rotatable bonds is 1. The molecule has 0 bridgehead atoms. The van der Waals surface area contributed by atoms with E-state index in [1.54, 1.807) is 12.1 Å². The average molecular weight is 175 g/mol. The maximum atomic E-state index is 8.67. The minimum absolute atomic E-state index is 0. The van der Waals surface area contributed by atoms with Gasteiger partial charge < -0.3 is 10.8 Å². The summed E-state index contributed by atoms with van der Waals surface area (Å²) in [6.45, 7) is 1.79. The van der Waals surface area contributed by atoms with E-state index < -0.39 is 0 Å². The first-order chi connectivity index (χ1) is 4.72. The molecule has 0 radical (unpaired) electrons. The Morgan fingerprint density at radius 3 is 2.64 bits per heavy atom. The molecule has 0 aromatic carbocycles. The van der Waals surface area contributed by atoms with E-state index in [1.807, 2.05) is 6.92 Å². The van der Waals surface area contributed by atoms with Crippen LogP contribution in [0.4, 0.5) is 5.69 Å². The van der Waals surface area contributed by atoms with Crippen LogP contribution in [0.3, 0.4) is 0 Å². The molecule has 0 saturated carbocycles. The monoisotopic (exact) mass is 174 g/mol. The lowest BCUT2D eigenvalue weighted by Gasteiger charge is -1.98. The fourth-order valence-electron chi connectivity index (χ4n) is 0.847. The van der Waals surface area contributed by atoms with Gasteiger partial charge in [-0.1, -0.05) is 0 Å². The van der Waals surface area contributed by atoms with Gasteiger partial charge in [-0.25, -0.2) is 0 Å². The molecule has 62 valence electrons. The average Bonchev–Trinajstić information content (AvgIpc) is 1.85. The van der Waals surface area contributed by atoms with Crippen LogP contribution in [0, 0.1) is 6.92 Å². The third-order valence-electron chi connectivity index (χ3n) is 1.19. The van der Waals surface area contributed by atoms with Gasteiger partial charge >= 0.3 is 0 Å². The molecule has 1 heterocycles. The van der Waals surface area contributed by atoms with Crippen molar-refractivity contribution < 1.29 is 5.11 Å². The minimum Gasteiger partial charge on any atom is -0.399 e. The van der Waals surface area contributed by atoms with E-state index in [1.165, 1.54) is 0 Å². The quantitative estimate of drug-likeness (QED) is 0.665. The molecule has 0 amide bonds. The molecule has 0 saturated heterocycles. The van der Waals surface area contributed by atoms with Crippen molar-refractivity contribution in [3.05, 3.63) is 23.5 Å². The number of anilines is 1. The van der Waals surface area contributed by atoms with Crippen LogP contribution in [0.2, 0.25) is 0 Å². The van der Waals surface area contributed by atoms with Gasteiger partial charge in [0.15, 0.2) is 0 Å². The van der Waals surface area contributed by atoms with Crippen LogP contribution < -0.4 is 5.73 Å². The summed E-state index contributed by atoms with van der Waals surface area (Å²) in [6, 6.07) is 3.42. The van der Waals surface area contributed by atoms with Crippen molar-refractivity contribution in [1.82, 2.24) is 4.98 Å². The molecule has 1 rings (SSSR count). The number of aromatic nitrogens is 1. The molecule has 0 aliphatic rings. The number of aryl methyl sites for hydroxylation is 1. The topological polar surface area (TPSA) is 59.1 Å². The summed E-state index contributed by atoms with van der Waals surface area (Å²) >= 11 is 0. The number of nitrogens with zero attached hydrogens (tertiary/aromatic N) is 1. The molecule has 1 aromatic rings. The second-order valence-electron chi connectivity index (χ2n) is 2.19. The van der Waals surface area contributed by atoms with Gasteiger partial charge in [0.25, 0.3) is 0 Å². The smallest absolute Gasteiger partial charge is 0.0853 e. The highest BCUT2D eigenvalue weighted by molar-refractivity contribution is 5.85. The van der Waals surface area contributed by atoms with Gasteiger partial charge in [0.1, 0.15) is 0 Å². The van der Waals surface area contributed by atoms with E-state index >= 15 is 0 Å². The van der Waals surface area contributed by atoms with Gasteiger partial charge in [-0.15, -0.1) is 12.4 Å². The molecule has 0 atom stereocenters. The van der Waals surface area contributed by atoms with Crippen LogP contribution in [0.15, 0.2) is 12.1 Å². The van der Waals surface area contributed by atoms with Gasteiger partial charge in [-0.3, -0.25) is 4.98 Å². The van der Waals surface area contributed by atoms with Crippen LogP contribution in [0.5, 0.6) is 0 Å². The highest BCUT2D eigenvalue weighted by Crippen LogP contribution is 2.06. The Hall–Kier alpha value is -0.800. The molecule has 0 unspecified atom stereocenters. The van der Waals surface area contributed by atoms with Crippen LogP contribution in [0.25, 0.3) is 0 Å². The molecule has 3 N–H and O–H groups in total. The SMILES string of the molecule is Cc1cc(N)cc(CO)n1.Cl. The zero-order valence-corrected chi connectivity index (χ0v) is 7.06. The Balaban J connectivity index is 0.000001000. The maximum absolute atomic E-state index is 8.67. The van der Waals surface area contributed by atoms with Crippen molar-refractivity contribution in [2.45, 2.75) is 13.5 Å². The third kappa shape index (κ3) is 2.74. The lowest BCUT2D eigenvalue weighted by Crippen LogP contribution is -1.94. The van der Waals surface area contributed by atoms with Crippen molar-refractivity contribution in [1.29, 1.82) is 0 Å². The van der Waals surface area contributed by atoms with Gasteiger partial charge in [-0.05, 0) is 19.1 Å². The predicted molar refractivity (Wildman–Crippen MR) is 46.6 cm³/mol. The highest BCUT2D eigenvalue weighted by atomic mass is 35.5. The second kappa shape index (κ2) is 4.16. The fourth-order valence-corrected chi connectivity index (χ4v) is 0.847. The Kier molecular flexibility index (Phi) is 3.85. The summed E-state index contributed by atoms with van der Waals surface area (Å²) in [5, 5.41) is 8.67. The van der Waals surface area contributed by atoms with Crippen LogP contribution in [0.1, 0.15) is 11.4 Å². The number of hydrogen-bond acceptors (Lipinski definition) is 3. The lowest BCUT2D eigenvalue weighted by molar-refractivity contribution is 0.276. The van der Waals surface area contributed by atoms with E-state index in [0.29, 0.717) is 11.4 Å². The van der Waals surface area contributed by atoms with E-state index in [-0.39, 0.29) is 19.0 Å². The van der Waals surface area contributed by atoms with Crippen molar-refractivity contribution >= 4 is 18.1 Å². The Bertz CT molecular complexity index is 220. The number of aliphatic hydroxyl groups excluding tert-OH is 1. The largest absolute Gasteiger partial charge is 0.399 e. The highest BCUT2D eigenvalue weighted by Gasteiger charge is 1.94. The van der Waals surface area contributed by atoms with Crippen molar-refractivity contribution in [3.63, 3.8) is 0 Å². The molecule has 0 fully saturated rings. The number of aliphatic hydroxyl groups is 1. The van der Waals surface area contributed by atoms with Crippen LogP contribution in [-0.2, 0) is 6.61 Å². The Labute approximate surface area is 71.7 Å². The summed E-state index contributed by atoms with van der Waals surface area (Å²) in [5.41, 5.74) is 7.59. The number of pyridine rings is 1. The zero-order chi connectivity index (χ0) is 7.56. The summed E-state index contributed by atoms with van der Waals surface area (Å²) in [6.07, 6.45) is 0. The zero-order valence-electron chi connectivity index (χ0n) is 6.24. The molecule has 4 heteroatoms. The number of hydrogen-bond donors (Lipinski definition) is 2. The first-order valence-electron chi connectivity index (χ1n) is 3.06. The molecule has 3 nitrogen and oxygen atoms in total. The molecular formula is C7H11ClN2O. The van der Waals surface area contributed by atoms with Crippen molar-refractivity contribution in [3.8, 4) is 0 Å².